The third kappa shape index (κ3) is 6.46. The second-order valence-corrected chi connectivity index (χ2v) is 8.04. The molecule has 156 valence electrons. The molecule has 1 aromatic carbocycles. The Morgan fingerprint density at radius 3 is 2.48 bits per heavy atom. The lowest BCUT2D eigenvalue weighted by molar-refractivity contribution is -0.133. The summed E-state index contributed by atoms with van der Waals surface area (Å²) in [4.78, 5) is 26.5. The summed E-state index contributed by atoms with van der Waals surface area (Å²) in [6.45, 7) is 6.74. The molecular weight excluding hydrogens is 388 g/mol. The van der Waals surface area contributed by atoms with Crippen LogP contribution in [0.5, 0.6) is 0 Å². The Bertz CT molecular complexity index is 872. The molecule has 1 N–H and O–H groups in total. The summed E-state index contributed by atoms with van der Waals surface area (Å²) >= 11 is 6.42. The molecule has 2 aromatic rings. The van der Waals surface area contributed by atoms with E-state index in [0.29, 0.717) is 29.6 Å². The van der Waals surface area contributed by atoms with Crippen LogP contribution in [0.4, 0.5) is 0 Å². The van der Waals surface area contributed by atoms with Crippen LogP contribution < -0.4 is 5.32 Å². The maximum absolute atomic E-state index is 12.5. The summed E-state index contributed by atoms with van der Waals surface area (Å²) in [5.74, 6) is -0.106. The number of hydrogen-bond donors (Lipinski definition) is 1. The normalized spacial score (nSPS) is 12.4. The molecule has 2 rings (SSSR count). The van der Waals surface area contributed by atoms with Crippen molar-refractivity contribution in [1.29, 1.82) is 0 Å². The van der Waals surface area contributed by atoms with Gasteiger partial charge in [0.1, 0.15) is 11.2 Å². The van der Waals surface area contributed by atoms with Crippen LogP contribution in [-0.2, 0) is 22.6 Å². The first-order valence-electron chi connectivity index (χ1n) is 9.65. The molecule has 1 unspecified atom stereocenters. The number of nitrogens with zero attached hydrogens (tertiary/aromatic N) is 3. The second kappa shape index (κ2) is 10.3. The SMILES string of the molecule is Cc1nn(CC(C)C)c(Cl)c1C=CC(=O)NC(Cc1ccccc1)C(=O)N(C)C. The van der Waals surface area contributed by atoms with Crippen molar-refractivity contribution in [3.63, 3.8) is 0 Å². The fourth-order valence-electron chi connectivity index (χ4n) is 2.96. The van der Waals surface area contributed by atoms with E-state index in [1.165, 1.54) is 11.0 Å². The van der Waals surface area contributed by atoms with E-state index in [1.54, 1.807) is 24.9 Å². The van der Waals surface area contributed by atoms with E-state index in [4.69, 9.17) is 11.6 Å². The van der Waals surface area contributed by atoms with Crippen molar-refractivity contribution in [2.24, 2.45) is 5.92 Å². The van der Waals surface area contributed by atoms with Crippen molar-refractivity contribution in [3.05, 3.63) is 58.4 Å². The smallest absolute Gasteiger partial charge is 0.244 e. The topological polar surface area (TPSA) is 67.2 Å². The number of amides is 2. The molecule has 0 fully saturated rings. The first-order chi connectivity index (χ1) is 13.7. The van der Waals surface area contributed by atoms with Gasteiger partial charge in [-0.05, 0) is 24.5 Å². The van der Waals surface area contributed by atoms with Crippen molar-refractivity contribution in [3.8, 4) is 0 Å². The highest BCUT2D eigenvalue weighted by Gasteiger charge is 2.22. The van der Waals surface area contributed by atoms with E-state index in [0.717, 1.165) is 11.3 Å². The number of carbonyl (C=O) groups is 2. The predicted octanol–water partition coefficient (Wildman–Crippen LogP) is 3.33. The largest absolute Gasteiger partial charge is 0.347 e. The molecule has 0 aliphatic rings. The average Bonchev–Trinajstić information content (AvgIpc) is 2.92. The Balaban J connectivity index is 2.13. The molecule has 6 nitrogen and oxygen atoms in total. The molecule has 0 aliphatic carbocycles. The minimum atomic E-state index is -0.648. The molecule has 1 heterocycles. The van der Waals surface area contributed by atoms with Crippen LogP contribution in [0, 0.1) is 12.8 Å². The molecule has 0 bridgehead atoms. The number of aromatic nitrogens is 2. The summed E-state index contributed by atoms with van der Waals surface area (Å²) in [7, 11) is 3.35. The predicted molar refractivity (Wildman–Crippen MR) is 117 cm³/mol. The van der Waals surface area contributed by atoms with Gasteiger partial charge in [-0.15, -0.1) is 0 Å². The summed E-state index contributed by atoms with van der Waals surface area (Å²) in [5, 5.41) is 7.75. The van der Waals surface area contributed by atoms with Gasteiger partial charge < -0.3 is 10.2 Å². The standard InChI is InChI=1S/C22H29ClN4O2/c1-15(2)14-27-21(23)18(16(3)25-27)11-12-20(28)24-19(22(29)26(4)5)13-17-9-7-6-8-10-17/h6-12,15,19H,13-14H2,1-5H3,(H,24,28). The molecule has 0 spiro atoms. The Labute approximate surface area is 177 Å². The van der Waals surface area contributed by atoms with Crippen LogP contribution in [0.1, 0.15) is 30.7 Å². The van der Waals surface area contributed by atoms with E-state index in [1.807, 2.05) is 37.3 Å². The van der Waals surface area contributed by atoms with Gasteiger partial charge in [0, 0.05) is 38.7 Å². The monoisotopic (exact) mass is 416 g/mol. The molecule has 2 amide bonds. The highest BCUT2D eigenvalue weighted by molar-refractivity contribution is 6.31. The molecule has 7 heteroatoms. The lowest BCUT2D eigenvalue weighted by atomic mass is 10.0. The minimum Gasteiger partial charge on any atom is -0.347 e. The molecule has 0 radical (unpaired) electrons. The van der Waals surface area contributed by atoms with Gasteiger partial charge in [0.15, 0.2) is 0 Å². The van der Waals surface area contributed by atoms with Gasteiger partial charge in [0.2, 0.25) is 11.8 Å². The van der Waals surface area contributed by atoms with Crippen LogP contribution in [-0.4, -0.2) is 46.6 Å². The highest BCUT2D eigenvalue weighted by Crippen LogP contribution is 2.22. The van der Waals surface area contributed by atoms with Crippen LogP contribution in [0.15, 0.2) is 36.4 Å². The van der Waals surface area contributed by atoms with Crippen molar-refractivity contribution >= 4 is 29.5 Å². The molecular formula is C22H29ClN4O2. The fraction of sp³-hybridized carbons (Fsp3) is 0.409. The molecule has 29 heavy (non-hydrogen) atoms. The van der Waals surface area contributed by atoms with Crippen LogP contribution in [0.25, 0.3) is 6.08 Å². The maximum atomic E-state index is 12.5. The number of likely N-dealkylation sites (N-methyl/N-ethyl adjacent to an activating group) is 1. The molecule has 0 saturated heterocycles. The first-order valence-corrected chi connectivity index (χ1v) is 10.0. The number of hydrogen-bond acceptors (Lipinski definition) is 3. The van der Waals surface area contributed by atoms with Crippen molar-refractivity contribution in [2.75, 3.05) is 14.1 Å². The van der Waals surface area contributed by atoms with Crippen LogP contribution in [0.3, 0.4) is 0 Å². The molecule has 0 aliphatic heterocycles. The summed E-state index contributed by atoms with van der Waals surface area (Å²) in [6.07, 6.45) is 3.47. The molecule has 1 aromatic heterocycles. The molecule has 0 saturated carbocycles. The zero-order valence-electron chi connectivity index (χ0n) is 17.6. The highest BCUT2D eigenvalue weighted by atomic mass is 35.5. The Morgan fingerprint density at radius 2 is 1.90 bits per heavy atom. The third-order valence-corrected chi connectivity index (χ3v) is 4.79. The summed E-state index contributed by atoms with van der Waals surface area (Å²) in [5.41, 5.74) is 2.44. The van der Waals surface area contributed by atoms with Gasteiger partial charge >= 0.3 is 0 Å². The number of aryl methyl sites for hydroxylation is 1. The van der Waals surface area contributed by atoms with Crippen LogP contribution in [0.2, 0.25) is 5.15 Å². The first kappa shape index (κ1) is 22.7. The maximum Gasteiger partial charge on any atom is 0.244 e. The number of halogens is 1. The van der Waals surface area contributed by atoms with Gasteiger partial charge in [-0.3, -0.25) is 14.3 Å². The van der Waals surface area contributed by atoms with Gasteiger partial charge in [-0.2, -0.15) is 5.10 Å². The quantitative estimate of drug-likeness (QED) is 0.671. The molecule has 1 atom stereocenters. The number of nitrogens with one attached hydrogen (secondary N) is 1. The lowest BCUT2D eigenvalue weighted by Gasteiger charge is -2.21. The Hall–Kier alpha value is -2.60. The van der Waals surface area contributed by atoms with Crippen LogP contribution >= 0.6 is 11.6 Å². The number of benzene rings is 1. The average molecular weight is 417 g/mol. The summed E-state index contributed by atoms with van der Waals surface area (Å²) in [6, 6.07) is 8.96. The van der Waals surface area contributed by atoms with Crippen molar-refractivity contribution in [2.45, 2.75) is 39.8 Å². The van der Waals surface area contributed by atoms with E-state index in [9.17, 15) is 9.59 Å². The summed E-state index contributed by atoms with van der Waals surface area (Å²) < 4.78 is 1.74. The van der Waals surface area contributed by atoms with E-state index >= 15 is 0 Å². The Kier molecular flexibility index (Phi) is 8.02. The van der Waals surface area contributed by atoms with Crippen molar-refractivity contribution < 1.29 is 9.59 Å². The number of carbonyl (C=O) groups excluding carboxylic acids is 2. The van der Waals surface area contributed by atoms with Gasteiger partial charge in [-0.1, -0.05) is 55.8 Å². The lowest BCUT2D eigenvalue weighted by Crippen LogP contribution is -2.47. The van der Waals surface area contributed by atoms with Gasteiger partial charge in [0.25, 0.3) is 0 Å². The fourth-order valence-corrected chi connectivity index (χ4v) is 3.27. The van der Waals surface area contributed by atoms with Gasteiger partial charge in [-0.25, -0.2) is 0 Å². The van der Waals surface area contributed by atoms with E-state index < -0.39 is 6.04 Å². The number of rotatable bonds is 8. The Morgan fingerprint density at radius 1 is 1.24 bits per heavy atom. The van der Waals surface area contributed by atoms with E-state index in [-0.39, 0.29) is 11.8 Å². The van der Waals surface area contributed by atoms with Crippen molar-refractivity contribution in [1.82, 2.24) is 20.0 Å². The zero-order valence-corrected chi connectivity index (χ0v) is 18.4. The second-order valence-electron chi connectivity index (χ2n) is 7.68. The zero-order chi connectivity index (χ0) is 21.6. The third-order valence-electron chi connectivity index (χ3n) is 4.39. The van der Waals surface area contributed by atoms with E-state index in [2.05, 4.69) is 24.3 Å². The van der Waals surface area contributed by atoms with Gasteiger partial charge in [0.05, 0.1) is 5.69 Å². The minimum absolute atomic E-state index is 0.158.